The summed E-state index contributed by atoms with van der Waals surface area (Å²) in [5, 5.41) is 8.59. The van der Waals surface area contributed by atoms with Crippen molar-refractivity contribution in [2.45, 2.75) is 58.5 Å². The Morgan fingerprint density at radius 3 is 2.89 bits per heavy atom. The number of aryl methyl sites for hydroxylation is 1. The van der Waals surface area contributed by atoms with E-state index in [4.69, 9.17) is 0 Å². The fraction of sp³-hybridized carbons (Fsp3) is 0.579. The highest BCUT2D eigenvalue weighted by Crippen LogP contribution is 2.22. The monoisotopic (exact) mass is 389 g/mol. The van der Waals surface area contributed by atoms with Crippen molar-refractivity contribution >= 4 is 23.1 Å². The number of amides is 1. The highest BCUT2D eigenvalue weighted by molar-refractivity contribution is 7.11. The van der Waals surface area contributed by atoms with E-state index in [0.717, 1.165) is 41.5 Å². The lowest BCUT2D eigenvalue weighted by Crippen LogP contribution is -2.48. The number of rotatable bonds is 6. The van der Waals surface area contributed by atoms with E-state index in [0.29, 0.717) is 13.0 Å². The Morgan fingerprint density at radius 1 is 1.37 bits per heavy atom. The predicted molar refractivity (Wildman–Crippen MR) is 107 cm³/mol. The number of hydrogen-bond donors (Lipinski definition) is 1. The molecule has 0 radical (unpaired) electrons. The molecule has 8 heteroatoms. The van der Waals surface area contributed by atoms with Crippen LogP contribution in [0.25, 0.3) is 0 Å². The molecule has 0 aliphatic carbocycles. The van der Waals surface area contributed by atoms with Gasteiger partial charge in [-0.15, -0.1) is 11.3 Å². The predicted octanol–water partition coefficient (Wildman–Crippen LogP) is 2.31. The van der Waals surface area contributed by atoms with E-state index in [1.54, 1.807) is 29.7 Å². The summed E-state index contributed by atoms with van der Waals surface area (Å²) in [7, 11) is 0. The van der Waals surface area contributed by atoms with Gasteiger partial charge >= 0.3 is 0 Å². The fourth-order valence-electron chi connectivity index (χ4n) is 3.39. The second kappa shape index (κ2) is 8.65. The topological polar surface area (TPSA) is 80.1 Å². The number of nitrogens with one attached hydrogen (secondary N) is 1. The van der Waals surface area contributed by atoms with Gasteiger partial charge in [-0.2, -0.15) is 5.10 Å². The Morgan fingerprint density at radius 2 is 2.19 bits per heavy atom. The summed E-state index contributed by atoms with van der Waals surface area (Å²) in [4.78, 5) is 31.7. The molecule has 27 heavy (non-hydrogen) atoms. The minimum absolute atomic E-state index is 0.0169. The first-order valence-electron chi connectivity index (χ1n) is 9.48. The summed E-state index contributed by atoms with van der Waals surface area (Å²) in [6, 6.07) is 3.58. The Kier molecular flexibility index (Phi) is 6.26. The minimum Gasteiger partial charge on any atom is -0.354 e. The quantitative estimate of drug-likeness (QED) is 0.820. The van der Waals surface area contributed by atoms with E-state index in [2.05, 4.69) is 20.3 Å². The first-order valence-corrected chi connectivity index (χ1v) is 10.3. The van der Waals surface area contributed by atoms with Crippen molar-refractivity contribution in [2.24, 2.45) is 0 Å². The number of anilines is 1. The van der Waals surface area contributed by atoms with Crippen molar-refractivity contribution < 1.29 is 4.79 Å². The summed E-state index contributed by atoms with van der Waals surface area (Å²) < 4.78 is 1.52. The third-order valence-corrected chi connectivity index (χ3v) is 5.67. The van der Waals surface area contributed by atoms with E-state index < -0.39 is 0 Å². The van der Waals surface area contributed by atoms with Crippen LogP contribution in [0.3, 0.4) is 0 Å². The molecular formula is C19H27N5O2S. The van der Waals surface area contributed by atoms with Crippen LogP contribution in [0.4, 0.5) is 5.82 Å². The number of nitrogens with zero attached hydrogens (tertiary/aromatic N) is 4. The van der Waals surface area contributed by atoms with Gasteiger partial charge in [0.15, 0.2) is 0 Å². The van der Waals surface area contributed by atoms with Crippen LogP contribution in [-0.4, -0.2) is 39.8 Å². The van der Waals surface area contributed by atoms with Crippen LogP contribution in [0, 0.1) is 6.92 Å². The third-order valence-electron chi connectivity index (χ3n) is 4.76. The fourth-order valence-corrected chi connectivity index (χ4v) is 4.19. The first-order chi connectivity index (χ1) is 12.9. The summed E-state index contributed by atoms with van der Waals surface area (Å²) >= 11 is 1.56. The lowest BCUT2D eigenvalue weighted by atomic mass is 10.0. The van der Waals surface area contributed by atoms with Crippen LogP contribution in [0.1, 0.15) is 49.0 Å². The molecule has 1 amide bonds. The first kappa shape index (κ1) is 19.5. The van der Waals surface area contributed by atoms with Crippen LogP contribution in [0.15, 0.2) is 23.1 Å². The van der Waals surface area contributed by atoms with Crippen molar-refractivity contribution in [1.82, 2.24) is 20.1 Å². The summed E-state index contributed by atoms with van der Waals surface area (Å²) in [6.07, 6.45) is 5.37. The smallest absolute Gasteiger partial charge is 0.267 e. The van der Waals surface area contributed by atoms with E-state index in [1.807, 2.05) is 20.8 Å². The maximum atomic E-state index is 12.3. The molecule has 0 spiro atoms. The highest BCUT2D eigenvalue weighted by Gasteiger charge is 2.25. The average Bonchev–Trinajstić information content (AvgIpc) is 3.05. The van der Waals surface area contributed by atoms with E-state index in [9.17, 15) is 9.59 Å². The molecule has 2 aromatic rings. The third kappa shape index (κ3) is 4.94. The maximum absolute atomic E-state index is 12.3. The Hall–Kier alpha value is -2.22. The maximum Gasteiger partial charge on any atom is 0.267 e. The van der Waals surface area contributed by atoms with Gasteiger partial charge < -0.3 is 10.2 Å². The van der Waals surface area contributed by atoms with Gasteiger partial charge in [0.2, 0.25) is 5.91 Å². The molecule has 0 bridgehead atoms. The molecule has 1 fully saturated rings. The molecular weight excluding hydrogens is 362 g/mol. The SMILES string of the molecule is Cc1ncc(CC(=O)NCC2CCCCN2c2ccc(=O)n(C(C)C)n2)s1. The molecule has 3 rings (SSSR count). The number of hydrogen-bond acceptors (Lipinski definition) is 6. The van der Waals surface area contributed by atoms with Crippen molar-refractivity contribution in [3.8, 4) is 0 Å². The van der Waals surface area contributed by atoms with Gasteiger partial charge in [-0.25, -0.2) is 9.67 Å². The number of piperidine rings is 1. The number of carbonyl (C=O) groups is 1. The Balaban J connectivity index is 1.66. The number of carbonyl (C=O) groups excluding carboxylic acids is 1. The molecule has 0 saturated carbocycles. The van der Waals surface area contributed by atoms with Gasteiger partial charge in [-0.05, 0) is 46.1 Å². The van der Waals surface area contributed by atoms with Gasteiger partial charge in [-0.3, -0.25) is 9.59 Å². The van der Waals surface area contributed by atoms with Crippen molar-refractivity contribution in [1.29, 1.82) is 0 Å². The van der Waals surface area contributed by atoms with E-state index in [-0.39, 0.29) is 23.6 Å². The molecule has 1 aliphatic rings. The highest BCUT2D eigenvalue weighted by atomic mass is 32.1. The molecule has 1 atom stereocenters. The van der Waals surface area contributed by atoms with Crippen LogP contribution in [0.2, 0.25) is 0 Å². The van der Waals surface area contributed by atoms with Crippen LogP contribution in [-0.2, 0) is 11.2 Å². The zero-order valence-electron chi connectivity index (χ0n) is 16.1. The van der Waals surface area contributed by atoms with Crippen LogP contribution >= 0.6 is 11.3 Å². The molecule has 2 aromatic heterocycles. The molecule has 1 N–H and O–H groups in total. The molecule has 7 nitrogen and oxygen atoms in total. The van der Waals surface area contributed by atoms with Gasteiger partial charge in [0.25, 0.3) is 5.56 Å². The largest absolute Gasteiger partial charge is 0.354 e. The lowest BCUT2D eigenvalue weighted by molar-refractivity contribution is -0.120. The summed E-state index contributed by atoms with van der Waals surface area (Å²) in [5.41, 5.74) is -0.0875. The second-order valence-electron chi connectivity index (χ2n) is 7.24. The normalized spacial score (nSPS) is 17.3. The Bertz CT molecular complexity index is 845. The second-order valence-corrected chi connectivity index (χ2v) is 8.56. The van der Waals surface area contributed by atoms with Crippen molar-refractivity contribution in [2.75, 3.05) is 18.0 Å². The number of thiazole rings is 1. The van der Waals surface area contributed by atoms with Crippen LogP contribution in [0.5, 0.6) is 0 Å². The van der Waals surface area contributed by atoms with E-state index >= 15 is 0 Å². The summed E-state index contributed by atoms with van der Waals surface area (Å²) in [6.45, 7) is 7.31. The van der Waals surface area contributed by atoms with E-state index in [1.165, 1.54) is 4.68 Å². The molecule has 3 heterocycles. The summed E-state index contributed by atoms with van der Waals surface area (Å²) in [5.74, 6) is 0.824. The molecule has 1 unspecified atom stereocenters. The lowest BCUT2D eigenvalue weighted by Gasteiger charge is -2.37. The van der Waals surface area contributed by atoms with Gasteiger partial charge in [0.05, 0.1) is 17.5 Å². The van der Waals surface area contributed by atoms with Gasteiger partial charge in [-0.1, -0.05) is 0 Å². The van der Waals surface area contributed by atoms with Crippen molar-refractivity contribution in [3.63, 3.8) is 0 Å². The average molecular weight is 390 g/mol. The van der Waals surface area contributed by atoms with Crippen molar-refractivity contribution in [3.05, 3.63) is 38.6 Å². The molecule has 1 aliphatic heterocycles. The minimum atomic E-state index is -0.0875. The number of aromatic nitrogens is 3. The van der Waals surface area contributed by atoms with Crippen LogP contribution < -0.4 is 15.8 Å². The zero-order chi connectivity index (χ0) is 19.4. The molecule has 146 valence electrons. The standard InChI is InChI=1S/C19H27N5O2S/c1-13(2)24-19(26)8-7-17(22-24)23-9-5-4-6-15(23)11-21-18(25)10-16-12-20-14(3)27-16/h7-8,12-13,15H,4-6,9-11H2,1-3H3,(H,21,25). The van der Waals surface area contributed by atoms with Gasteiger partial charge in [0, 0.05) is 36.3 Å². The van der Waals surface area contributed by atoms with Gasteiger partial charge in [0.1, 0.15) is 5.82 Å². The molecule has 1 saturated heterocycles. The Labute approximate surface area is 163 Å². The molecule has 0 aromatic carbocycles. The zero-order valence-corrected chi connectivity index (χ0v) is 17.0.